The van der Waals surface area contributed by atoms with Gasteiger partial charge in [0, 0.05) is 0 Å². The molecule has 0 fully saturated rings. The van der Waals surface area contributed by atoms with Crippen LogP contribution in [0.1, 0.15) is 37.0 Å². The average molecular weight is 236 g/mol. The standard InChI is InChI=1S/C14H20O3/c1-9-6-10(2)13(11(3)7-9)17-14(4,5)8-12(15)16/h6-7H,8H2,1-5H3,(H,15,16). The van der Waals surface area contributed by atoms with Crippen LogP contribution in [0.4, 0.5) is 0 Å². The van der Waals surface area contributed by atoms with Crippen molar-refractivity contribution in [3.63, 3.8) is 0 Å². The van der Waals surface area contributed by atoms with Crippen LogP contribution < -0.4 is 4.74 Å². The highest BCUT2D eigenvalue weighted by Crippen LogP contribution is 2.29. The minimum atomic E-state index is -0.850. The molecule has 0 bridgehead atoms. The summed E-state index contributed by atoms with van der Waals surface area (Å²) in [6, 6.07) is 4.08. The van der Waals surface area contributed by atoms with Crippen molar-refractivity contribution in [1.29, 1.82) is 0 Å². The van der Waals surface area contributed by atoms with Crippen molar-refractivity contribution in [2.45, 2.75) is 46.6 Å². The SMILES string of the molecule is Cc1cc(C)c(OC(C)(C)CC(=O)O)c(C)c1. The van der Waals surface area contributed by atoms with E-state index in [4.69, 9.17) is 9.84 Å². The van der Waals surface area contributed by atoms with Crippen molar-refractivity contribution in [3.8, 4) is 5.75 Å². The topological polar surface area (TPSA) is 46.5 Å². The minimum absolute atomic E-state index is 0.0141. The fraction of sp³-hybridized carbons (Fsp3) is 0.500. The Morgan fingerprint density at radius 1 is 1.24 bits per heavy atom. The second-order valence-corrected chi connectivity index (χ2v) is 5.16. The van der Waals surface area contributed by atoms with Gasteiger partial charge in [-0.05, 0) is 45.7 Å². The lowest BCUT2D eigenvalue weighted by atomic mass is 10.0. The zero-order chi connectivity index (χ0) is 13.2. The van der Waals surface area contributed by atoms with Crippen molar-refractivity contribution in [2.75, 3.05) is 0 Å². The Morgan fingerprint density at radius 2 is 1.71 bits per heavy atom. The highest BCUT2D eigenvalue weighted by atomic mass is 16.5. The molecule has 1 N–H and O–H groups in total. The molecule has 0 amide bonds. The second kappa shape index (κ2) is 4.78. The zero-order valence-electron chi connectivity index (χ0n) is 11.1. The van der Waals surface area contributed by atoms with E-state index in [0.29, 0.717) is 0 Å². The lowest BCUT2D eigenvalue weighted by Gasteiger charge is -2.27. The van der Waals surface area contributed by atoms with Crippen molar-refractivity contribution in [3.05, 3.63) is 28.8 Å². The number of benzene rings is 1. The van der Waals surface area contributed by atoms with Gasteiger partial charge < -0.3 is 9.84 Å². The zero-order valence-corrected chi connectivity index (χ0v) is 11.1. The molecule has 0 aliphatic carbocycles. The molecule has 0 aliphatic heterocycles. The van der Waals surface area contributed by atoms with Crippen LogP contribution in [-0.2, 0) is 4.79 Å². The summed E-state index contributed by atoms with van der Waals surface area (Å²) in [4.78, 5) is 10.7. The van der Waals surface area contributed by atoms with E-state index in [9.17, 15) is 4.79 Å². The summed E-state index contributed by atoms with van der Waals surface area (Å²) < 4.78 is 5.85. The molecular formula is C14H20O3. The van der Waals surface area contributed by atoms with Crippen molar-refractivity contribution in [2.24, 2.45) is 0 Å². The summed E-state index contributed by atoms with van der Waals surface area (Å²) in [7, 11) is 0. The molecule has 1 aromatic rings. The van der Waals surface area contributed by atoms with E-state index in [2.05, 4.69) is 0 Å². The van der Waals surface area contributed by atoms with Crippen LogP contribution in [0.2, 0.25) is 0 Å². The number of aryl methyl sites for hydroxylation is 3. The molecular weight excluding hydrogens is 216 g/mol. The number of ether oxygens (including phenoxy) is 1. The Labute approximate surface area is 102 Å². The van der Waals surface area contributed by atoms with E-state index in [1.807, 2.05) is 32.9 Å². The first-order valence-corrected chi connectivity index (χ1v) is 5.70. The lowest BCUT2D eigenvalue weighted by Crippen LogP contribution is -2.31. The fourth-order valence-corrected chi connectivity index (χ4v) is 2.00. The predicted molar refractivity (Wildman–Crippen MR) is 67.6 cm³/mol. The Morgan fingerprint density at radius 3 is 2.12 bits per heavy atom. The maximum absolute atomic E-state index is 10.7. The van der Waals surface area contributed by atoms with Gasteiger partial charge in [-0.2, -0.15) is 0 Å². The third kappa shape index (κ3) is 3.77. The van der Waals surface area contributed by atoms with Crippen LogP contribution in [0.5, 0.6) is 5.75 Å². The number of hydrogen-bond donors (Lipinski definition) is 1. The van der Waals surface area contributed by atoms with Crippen LogP contribution in [0.25, 0.3) is 0 Å². The maximum atomic E-state index is 10.7. The number of carboxylic acids is 1. The van der Waals surface area contributed by atoms with Gasteiger partial charge in [0.25, 0.3) is 0 Å². The molecule has 0 spiro atoms. The van der Waals surface area contributed by atoms with Crippen LogP contribution in [0, 0.1) is 20.8 Å². The third-order valence-electron chi connectivity index (χ3n) is 2.56. The molecule has 0 saturated carbocycles. The summed E-state index contributed by atoms with van der Waals surface area (Å²) >= 11 is 0. The van der Waals surface area contributed by atoms with Crippen LogP contribution in [-0.4, -0.2) is 16.7 Å². The summed E-state index contributed by atoms with van der Waals surface area (Å²) in [5.74, 6) is -0.0562. The van der Waals surface area contributed by atoms with E-state index in [1.165, 1.54) is 5.56 Å². The Kier molecular flexibility index (Phi) is 3.81. The Hall–Kier alpha value is -1.51. The highest BCUT2D eigenvalue weighted by Gasteiger charge is 2.25. The lowest BCUT2D eigenvalue weighted by molar-refractivity contribution is -0.140. The van der Waals surface area contributed by atoms with Gasteiger partial charge in [0.15, 0.2) is 0 Å². The van der Waals surface area contributed by atoms with Gasteiger partial charge in [-0.1, -0.05) is 17.7 Å². The Bertz CT molecular complexity index is 410. The van der Waals surface area contributed by atoms with Gasteiger partial charge in [-0.25, -0.2) is 0 Å². The molecule has 17 heavy (non-hydrogen) atoms. The van der Waals surface area contributed by atoms with Gasteiger partial charge in [-0.3, -0.25) is 4.79 Å². The molecule has 0 heterocycles. The second-order valence-electron chi connectivity index (χ2n) is 5.16. The number of carboxylic acid groups (broad SMARTS) is 1. The van der Waals surface area contributed by atoms with E-state index in [1.54, 1.807) is 13.8 Å². The largest absolute Gasteiger partial charge is 0.487 e. The fourth-order valence-electron chi connectivity index (χ4n) is 2.00. The number of rotatable bonds is 4. The number of carbonyl (C=O) groups is 1. The summed E-state index contributed by atoms with van der Waals surface area (Å²) in [5.41, 5.74) is 2.57. The van der Waals surface area contributed by atoms with Crippen molar-refractivity contribution < 1.29 is 14.6 Å². The molecule has 3 heteroatoms. The minimum Gasteiger partial charge on any atom is -0.487 e. The molecule has 3 nitrogen and oxygen atoms in total. The highest BCUT2D eigenvalue weighted by molar-refractivity contribution is 5.68. The molecule has 94 valence electrons. The average Bonchev–Trinajstić information content (AvgIpc) is 2.09. The smallest absolute Gasteiger partial charge is 0.307 e. The first-order chi connectivity index (χ1) is 7.71. The summed E-state index contributed by atoms with van der Waals surface area (Å²) in [6.07, 6.45) is -0.0141. The molecule has 0 aliphatic rings. The molecule has 0 atom stereocenters. The van der Waals surface area contributed by atoms with Gasteiger partial charge in [0.05, 0.1) is 6.42 Å². The number of aliphatic carboxylic acids is 1. The summed E-state index contributed by atoms with van der Waals surface area (Å²) in [6.45, 7) is 9.57. The quantitative estimate of drug-likeness (QED) is 0.873. The van der Waals surface area contributed by atoms with E-state index in [0.717, 1.165) is 16.9 Å². The van der Waals surface area contributed by atoms with E-state index in [-0.39, 0.29) is 6.42 Å². The molecule has 0 unspecified atom stereocenters. The third-order valence-corrected chi connectivity index (χ3v) is 2.56. The molecule has 1 aromatic carbocycles. The predicted octanol–water partition coefficient (Wildman–Crippen LogP) is 3.24. The van der Waals surface area contributed by atoms with Crippen molar-refractivity contribution in [1.82, 2.24) is 0 Å². The Balaban J connectivity index is 2.99. The van der Waals surface area contributed by atoms with E-state index >= 15 is 0 Å². The van der Waals surface area contributed by atoms with E-state index < -0.39 is 11.6 Å². The normalized spacial score (nSPS) is 11.4. The van der Waals surface area contributed by atoms with Crippen LogP contribution >= 0.6 is 0 Å². The van der Waals surface area contributed by atoms with Crippen molar-refractivity contribution >= 4 is 5.97 Å². The molecule has 0 radical (unpaired) electrons. The first-order valence-electron chi connectivity index (χ1n) is 5.70. The summed E-state index contributed by atoms with van der Waals surface area (Å²) in [5, 5.41) is 8.83. The molecule has 0 aromatic heterocycles. The maximum Gasteiger partial charge on any atom is 0.307 e. The van der Waals surface area contributed by atoms with Crippen LogP contribution in [0.3, 0.4) is 0 Å². The molecule has 1 rings (SSSR count). The molecule has 0 saturated heterocycles. The van der Waals surface area contributed by atoms with Gasteiger partial charge in [-0.15, -0.1) is 0 Å². The first kappa shape index (κ1) is 13.6. The number of hydrogen-bond acceptors (Lipinski definition) is 2. The van der Waals surface area contributed by atoms with Gasteiger partial charge >= 0.3 is 5.97 Å². The van der Waals surface area contributed by atoms with Gasteiger partial charge in [0.2, 0.25) is 0 Å². The monoisotopic (exact) mass is 236 g/mol. The van der Waals surface area contributed by atoms with Gasteiger partial charge in [0.1, 0.15) is 11.4 Å². The van der Waals surface area contributed by atoms with Crippen LogP contribution in [0.15, 0.2) is 12.1 Å².